The molecule has 1 heterocycles. The van der Waals surface area contributed by atoms with E-state index >= 15 is 0 Å². The first-order valence-corrected chi connectivity index (χ1v) is 9.21. The highest BCUT2D eigenvalue weighted by atomic mass is 32.1. The number of nitrogens with one attached hydrogen (secondary N) is 2. The van der Waals surface area contributed by atoms with Gasteiger partial charge in [-0.05, 0) is 36.6 Å². The van der Waals surface area contributed by atoms with Crippen molar-refractivity contribution in [2.24, 2.45) is 0 Å². The smallest absolute Gasteiger partial charge is 0.251 e. The average Bonchev–Trinajstić information content (AvgIpc) is 3.39. The van der Waals surface area contributed by atoms with Gasteiger partial charge in [0.2, 0.25) is 0 Å². The predicted octanol–water partition coefficient (Wildman–Crippen LogP) is 4.84. The minimum atomic E-state index is -0.157. The Hall–Kier alpha value is -2.14. The molecule has 1 aliphatic rings. The quantitative estimate of drug-likeness (QED) is 0.547. The highest BCUT2D eigenvalue weighted by Crippen LogP contribution is 2.15. The van der Waals surface area contributed by atoms with Gasteiger partial charge in [-0.3, -0.25) is 4.79 Å². The summed E-state index contributed by atoms with van der Waals surface area (Å²) < 4.78 is 0. The molecule has 0 saturated heterocycles. The summed E-state index contributed by atoms with van der Waals surface area (Å²) in [6.07, 6.45) is 4.50. The van der Waals surface area contributed by atoms with Crippen molar-refractivity contribution in [2.75, 3.05) is 5.73 Å². The number of hydrogen-bond donors (Lipinski definition) is 3. The number of amides is 1. The largest absolute Gasteiger partial charge is 0.398 e. The van der Waals surface area contributed by atoms with Crippen LogP contribution in [-0.2, 0) is 6.54 Å². The van der Waals surface area contributed by atoms with Crippen LogP contribution in [0.4, 0.5) is 5.69 Å². The topological polar surface area (TPSA) is 79.0 Å². The molecule has 0 atom stereocenters. The van der Waals surface area contributed by atoms with Gasteiger partial charge in [0.15, 0.2) is 0 Å². The lowest BCUT2D eigenvalue weighted by Gasteiger charge is -2.08. The molecule has 0 aliphatic heterocycles. The van der Waals surface area contributed by atoms with Crippen molar-refractivity contribution in [1.82, 2.24) is 5.32 Å². The fraction of sp³-hybridized carbons (Fsp3) is 0.368. The van der Waals surface area contributed by atoms with Crippen LogP contribution in [0.25, 0.3) is 0 Å². The van der Waals surface area contributed by atoms with Crippen molar-refractivity contribution in [3.63, 3.8) is 0 Å². The van der Waals surface area contributed by atoms with E-state index < -0.39 is 0 Å². The predicted molar refractivity (Wildman–Crippen MR) is 104 cm³/mol. The fourth-order valence-corrected chi connectivity index (χ4v) is 2.35. The van der Waals surface area contributed by atoms with Crippen LogP contribution < -0.4 is 11.1 Å². The summed E-state index contributed by atoms with van der Waals surface area (Å²) in [6.45, 7) is 6.17. The third kappa shape index (κ3) is 6.96. The maximum atomic E-state index is 12.0. The normalized spacial score (nSPS) is 11.3. The molecule has 2 aromatic rings. The molecule has 1 fully saturated rings. The van der Waals surface area contributed by atoms with Gasteiger partial charge in [-0.2, -0.15) is 0 Å². The number of carbonyl (C=O) groups excluding carboxylic acids is 1. The average molecular weight is 346 g/mol. The molecule has 130 valence electrons. The number of anilines is 1. The molecule has 5 heteroatoms. The summed E-state index contributed by atoms with van der Waals surface area (Å²) in [4.78, 5) is 13.1. The maximum absolute atomic E-state index is 12.0. The van der Waals surface area contributed by atoms with Gasteiger partial charge in [0.25, 0.3) is 5.91 Å². The molecular formula is C19H27N3OS. The zero-order valence-corrected chi connectivity index (χ0v) is 15.5. The Morgan fingerprint density at radius 3 is 2.42 bits per heavy atom. The minimum absolute atomic E-state index is 0.157. The number of hydrogen-bond acceptors (Lipinski definition) is 4. The lowest BCUT2D eigenvalue weighted by Crippen LogP contribution is -2.22. The summed E-state index contributed by atoms with van der Waals surface area (Å²) in [5.41, 5.74) is 7.76. The van der Waals surface area contributed by atoms with Crippen LogP contribution in [-0.4, -0.2) is 11.6 Å². The van der Waals surface area contributed by atoms with Crippen LogP contribution in [0.1, 0.15) is 60.8 Å². The Morgan fingerprint density at radius 2 is 1.92 bits per heavy atom. The van der Waals surface area contributed by atoms with E-state index in [9.17, 15) is 4.79 Å². The van der Waals surface area contributed by atoms with E-state index in [0.717, 1.165) is 4.88 Å². The molecule has 0 unspecified atom stereocenters. The van der Waals surface area contributed by atoms with Gasteiger partial charge in [-0.15, -0.1) is 11.3 Å². The van der Waals surface area contributed by atoms with Gasteiger partial charge in [0.05, 0.1) is 6.54 Å². The second kappa shape index (κ2) is 10.6. The molecule has 0 radical (unpaired) electrons. The molecule has 3 rings (SSSR count). The lowest BCUT2D eigenvalue weighted by molar-refractivity contribution is 0.0951. The first-order valence-electron chi connectivity index (χ1n) is 8.33. The van der Waals surface area contributed by atoms with Crippen molar-refractivity contribution in [2.45, 2.75) is 46.6 Å². The monoisotopic (exact) mass is 345 g/mol. The molecule has 1 aliphatic carbocycles. The second-order valence-corrected chi connectivity index (χ2v) is 6.28. The summed E-state index contributed by atoms with van der Waals surface area (Å²) in [5.74, 6) is -0.157. The number of benzene rings is 1. The summed E-state index contributed by atoms with van der Waals surface area (Å²) >= 11 is 1.60. The van der Waals surface area contributed by atoms with Crippen molar-refractivity contribution in [3.8, 4) is 0 Å². The molecule has 4 nitrogen and oxygen atoms in total. The van der Waals surface area contributed by atoms with Crippen LogP contribution in [0.5, 0.6) is 0 Å². The second-order valence-electron chi connectivity index (χ2n) is 5.25. The van der Waals surface area contributed by atoms with Crippen LogP contribution in [0, 0.1) is 5.41 Å². The minimum Gasteiger partial charge on any atom is -0.398 e. The van der Waals surface area contributed by atoms with E-state index in [1.165, 1.54) is 19.3 Å². The molecule has 4 N–H and O–H groups in total. The zero-order chi connectivity index (χ0) is 17.9. The highest BCUT2D eigenvalue weighted by Gasteiger charge is 2.09. The fourth-order valence-electron chi connectivity index (χ4n) is 1.70. The van der Waals surface area contributed by atoms with E-state index in [0.29, 0.717) is 29.1 Å². The molecular weight excluding hydrogens is 318 g/mol. The van der Waals surface area contributed by atoms with E-state index in [2.05, 4.69) is 5.32 Å². The highest BCUT2D eigenvalue weighted by molar-refractivity contribution is 7.09. The van der Waals surface area contributed by atoms with Gasteiger partial charge in [-0.1, -0.05) is 39.2 Å². The van der Waals surface area contributed by atoms with Crippen molar-refractivity contribution in [3.05, 3.63) is 51.7 Å². The Morgan fingerprint density at radius 1 is 1.25 bits per heavy atom. The van der Waals surface area contributed by atoms with Gasteiger partial charge in [-0.25, -0.2) is 0 Å². The Balaban J connectivity index is 0.000000503. The van der Waals surface area contributed by atoms with Crippen LogP contribution >= 0.6 is 11.3 Å². The first kappa shape index (κ1) is 19.9. The van der Waals surface area contributed by atoms with E-state index in [1.54, 1.807) is 36.5 Å². The van der Waals surface area contributed by atoms with Gasteiger partial charge in [0, 0.05) is 27.4 Å². The molecule has 0 spiro atoms. The Bertz CT molecular complexity index is 646. The van der Waals surface area contributed by atoms with Crippen LogP contribution in [0.3, 0.4) is 0 Å². The van der Waals surface area contributed by atoms with Crippen molar-refractivity contribution >= 4 is 28.6 Å². The summed E-state index contributed by atoms with van der Waals surface area (Å²) in [6, 6.07) is 8.91. The number of carbonyl (C=O) groups is 1. The molecule has 0 bridgehead atoms. The number of nitrogen functional groups attached to an aromatic ring is 1. The van der Waals surface area contributed by atoms with Crippen molar-refractivity contribution in [1.29, 1.82) is 5.41 Å². The third-order valence-electron chi connectivity index (χ3n) is 3.08. The van der Waals surface area contributed by atoms with E-state index in [1.807, 2.05) is 31.4 Å². The van der Waals surface area contributed by atoms with Crippen LogP contribution in [0.2, 0.25) is 0 Å². The maximum Gasteiger partial charge on any atom is 0.251 e. The molecule has 1 aromatic heterocycles. The molecule has 1 amide bonds. The summed E-state index contributed by atoms with van der Waals surface area (Å²) in [5, 5.41) is 12.4. The molecule has 24 heavy (non-hydrogen) atoms. The Kier molecular flexibility index (Phi) is 8.79. The van der Waals surface area contributed by atoms with Crippen LogP contribution in [0.15, 0.2) is 35.7 Å². The number of thiophene rings is 1. The molecule has 1 aromatic carbocycles. The van der Waals surface area contributed by atoms with Gasteiger partial charge >= 0.3 is 0 Å². The number of rotatable bonds is 4. The third-order valence-corrected chi connectivity index (χ3v) is 3.95. The SMILES string of the molecule is C1CC1.CC.CC(=N)c1cc(C(=O)NCc2cccs2)ccc1N. The standard InChI is InChI=1S/C14H15N3OS.C3H6.C2H6/c1-9(15)12-7-10(4-5-13(12)16)14(18)17-8-11-3-2-6-19-11;1-2-3-1;1-2/h2-7,15H,8,16H2,1H3,(H,17,18);1-3H2;1-2H3. The van der Waals surface area contributed by atoms with E-state index in [-0.39, 0.29) is 5.91 Å². The lowest BCUT2D eigenvalue weighted by atomic mass is 10.0. The van der Waals surface area contributed by atoms with Crippen molar-refractivity contribution < 1.29 is 4.79 Å². The van der Waals surface area contributed by atoms with E-state index in [4.69, 9.17) is 11.1 Å². The molecule has 1 saturated carbocycles. The first-order chi connectivity index (χ1) is 11.6. The van der Waals surface area contributed by atoms with Gasteiger partial charge < -0.3 is 16.5 Å². The number of nitrogens with two attached hydrogens (primary N) is 1. The summed E-state index contributed by atoms with van der Waals surface area (Å²) in [7, 11) is 0. The zero-order valence-electron chi connectivity index (χ0n) is 14.7. The van der Waals surface area contributed by atoms with Gasteiger partial charge in [0.1, 0.15) is 0 Å². The Labute approximate surface area is 148 Å².